The SMILES string of the molecule is CC(C)C(N)C(=O)NC(Cc1cnc[nH]1)C(=O)NC(CC(N)=O)C(=O)NCC(=O)O. The molecule has 1 heterocycles. The third-order valence-electron chi connectivity index (χ3n) is 4.08. The number of carbonyl (C=O) groups is 5. The minimum Gasteiger partial charge on any atom is -0.480 e. The summed E-state index contributed by atoms with van der Waals surface area (Å²) in [6.45, 7) is 2.77. The number of aromatic amines is 1. The van der Waals surface area contributed by atoms with E-state index >= 15 is 0 Å². The molecule has 3 atom stereocenters. The van der Waals surface area contributed by atoms with Crippen LogP contribution in [0, 0.1) is 5.92 Å². The van der Waals surface area contributed by atoms with Gasteiger partial charge in [-0.2, -0.15) is 0 Å². The molecule has 0 saturated heterocycles. The van der Waals surface area contributed by atoms with Gasteiger partial charge in [-0.3, -0.25) is 24.0 Å². The summed E-state index contributed by atoms with van der Waals surface area (Å²) >= 11 is 0. The van der Waals surface area contributed by atoms with E-state index in [1.54, 1.807) is 13.8 Å². The maximum absolute atomic E-state index is 12.8. The van der Waals surface area contributed by atoms with Crippen LogP contribution >= 0.6 is 0 Å². The molecular weight excluding hydrogens is 398 g/mol. The lowest BCUT2D eigenvalue weighted by Gasteiger charge is -2.24. The molecule has 0 aromatic carbocycles. The highest BCUT2D eigenvalue weighted by atomic mass is 16.4. The van der Waals surface area contributed by atoms with Crippen LogP contribution in [0.4, 0.5) is 0 Å². The second kappa shape index (κ2) is 11.5. The molecule has 0 bridgehead atoms. The average Bonchev–Trinajstić information content (AvgIpc) is 3.16. The molecule has 30 heavy (non-hydrogen) atoms. The minimum atomic E-state index is -1.42. The van der Waals surface area contributed by atoms with Gasteiger partial charge in [0, 0.05) is 18.3 Å². The van der Waals surface area contributed by atoms with E-state index < -0.39 is 60.7 Å². The molecule has 0 spiro atoms. The highest BCUT2D eigenvalue weighted by Crippen LogP contribution is 2.04. The van der Waals surface area contributed by atoms with Gasteiger partial charge in [-0.25, -0.2) is 4.98 Å². The van der Waals surface area contributed by atoms with E-state index in [0.717, 1.165) is 0 Å². The Hall–Kier alpha value is -3.48. The van der Waals surface area contributed by atoms with Crippen LogP contribution in [0.15, 0.2) is 12.5 Å². The molecule has 0 saturated carbocycles. The van der Waals surface area contributed by atoms with Gasteiger partial charge in [0.05, 0.1) is 18.8 Å². The van der Waals surface area contributed by atoms with Crippen molar-refractivity contribution in [3.63, 3.8) is 0 Å². The fourth-order valence-electron chi connectivity index (χ4n) is 2.36. The Kier molecular flexibility index (Phi) is 9.42. The lowest BCUT2D eigenvalue weighted by molar-refractivity contribution is -0.138. The van der Waals surface area contributed by atoms with Crippen molar-refractivity contribution in [2.45, 2.75) is 44.8 Å². The van der Waals surface area contributed by atoms with E-state index in [1.165, 1.54) is 12.5 Å². The number of hydrogen-bond donors (Lipinski definition) is 7. The average molecular weight is 425 g/mol. The Bertz CT molecular complexity index is 765. The minimum absolute atomic E-state index is 0.00241. The zero-order valence-electron chi connectivity index (χ0n) is 16.7. The first-order valence-electron chi connectivity index (χ1n) is 9.12. The van der Waals surface area contributed by atoms with Gasteiger partial charge in [-0.05, 0) is 5.92 Å². The number of amides is 4. The van der Waals surface area contributed by atoms with Gasteiger partial charge in [0.25, 0.3) is 0 Å². The maximum atomic E-state index is 12.8. The van der Waals surface area contributed by atoms with Gasteiger partial charge in [0.2, 0.25) is 23.6 Å². The van der Waals surface area contributed by atoms with Crippen molar-refractivity contribution in [1.82, 2.24) is 25.9 Å². The summed E-state index contributed by atoms with van der Waals surface area (Å²) in [6, 6.07) is -3.44. The standard InChI is InChI=1S/C17H27N7O6/c1-8(2)14(19)17(30)24-10(3-9-5-20-7-22-9)16(29)23-11(4-12(18)25)15(28)21-6-13(26)27/h5,7-8,10-11,14H,3-4,6,19H2,1-2H3,(H2,18,25)(H,20,22)(H,21,28)(H,23,29)(H,24,30)(H,26,27). The zero-order chi connectivity index (χ0) is 22.8. The van der Waals surface area contributed by atoms with Crippen LogP contribution in [0.1, 0.15) is 26.0 Å². The van der Waals surface area contributed by atoms with E-state index in [-0.39, 0.29) is 12.3 Å². The Labute approximate surface area is 172 Å². The number of aromatic nitrogens is 2. The van der Waals surface area contributed by atoms with Crippen LogP contribution in [0.2, 0.25) is 0 Å². The Morgan fingerprint density at radius 3 is 2.23 bits per heavy atom. The lowest BCUT2D eigenvalue weighted by atomic mass is 10.0. The molecule has 0 aliphatic rings. The van der Waals surface area contributed by atoms with Crippen LogP contribution in [0.5, 0.6) is 0 Å². The smallest absolute Gasteiger partial charge is 0.322 e. The van der Waals surface area contributed by atoms with Gasteiger partial charge < -0.3 is 37.5 Å². The number of rotatable bonds is 12. The zero-order valence-corrected chi connectivity index (χ0v) is 16.7. The Balaban J connectivity index is 2.97. The van der Waals surface area contributed by atoms with Crippen molar-refractivity contribution in [2.75, 3.05) is 6.54 Å². The first kappa shape index (κ1) is 24.6. The van der Waals surface area contributed by atoms with Gasteiger partial charge in [0.15, 0.2) is 0 Å². The third kappa shape index (κ3) is 8.26. The number of carboxylic acids is 1. The molecule has 13 heteroatoms. The molecule has 1 rings (SSSR count). The highest BCUT2D eigenvalue weighted by molar-refractivity contribution is 5.95. The fourth-order valence-corrected chi connectivity index (χ4v) is 2.36. The number of nitrogens with one attached hydrogen (secondary N) is 4. The van der Waals surface area contributed by atoms with Gasteiger partial charge in [-0.1, -0.05) is 13.8 Å². The van der Waals surface area contributed by atoms with E-state index in [4.69, 9.17) is 16.6 Å². The largest absolute Gasteiger partial charge is 0.480 e. The first-order chi connectivity index (χ1) is 14.0. The summed E-state index contributed by atoms with van der Waals surface area (Å²) in [5, 5.41) is 15.6. The second-order valence-electron chi connectivity index (χ2n) is 6.96. The summed E-state index contributed by atoms with van der Waals surface area (Å²) in [6.07, 6.45) is 2.28. The molecule has 166 valence electrons. The van der Waals surface area contributed by atoms with Crippen LogP contribution in [-0.4, -0.2) is 69.3 Å². The van der Waals surface area contributed by atoms with Crippen molar-refractivity contribution < 1.29 is 29.1 Å². The predicted octanol–water partition coefficient (Wildman–Crippen LogP) is -3.02. The van der Waals surface area contributed by atoms with Crippen molar-refractivity contribution in [2.24, 2.45) is 17.4 Å². The van der Waals surface area contributed by atoms with Crippen LogP contribution in [0.25, 0.3) is 0 Å². The van der Waals surface area contributed by atoms with Crippen molar-refractivity contribution in [3.05, 3.63) is 18.2 Å². The number of carbonyl (C=O) groups excluding carboxylic acids is 4. The molecule has 0 radical (unpaired) electrons. The van der Waals surface area contributed by atoms with Crippen molar-refractivity contribution in [1.29, 1.82) is 0 Å². The number of imidazole rings is 1. The quantitative estimate of drug-likeness (QED) is 0.182. The molecule has 3 unspecified atom stereocenters. The topological polar surface area (TPSA) is 222 Å². The summed E-state index contributed by atoms with van der Waals surface area (Å²) < 4.78 is 0. The predicted molar refractivity (Wildman–Crippen MR) is 103 cm³/mol. The number of nitrogens with two attached hydrogens (primary N) is 2. The van der Waals surface area contributed by atoms with Crippen molar-refractivity contribution in [3.8, 4) is 0 Å². The van der Waals surface area contributed by atoms with Gasteiger partial charge in [0.1, 0.15) is 18.6 Å². The number of nitrogens with zero attached hydrogens (tertiary/aromatic N) is 1. The number of H-pyrrole nitrogens is 1. The number of carboxylic acid groups (broad SMARTS) is 1. The molecule has 0 aliphatic heterocycles. The summed E-state index contributed by atoms with van der Waals surface area (Å²) in [7, 11) is 0. The first-order valence-corrected chi connectivity index (χ1v) is 9.12. The molecule has 4 amide bonds. The second-order valence-corrected chi connectivity index (χ2v) is 6.96. The molecule has 9 N–H and O–H groups in total. The number of aliphatic carboxylic acids is 1. The summed E-state index contributed by atoms with van der Waals surface area (Å²) in [5.41, 5.74) is 11.5. The monoisotopic (exact) mass is 425 g/mol. The Morgan fingerprint density at radius 2 is 1.73 bits per heavy atom. The third-order valence-corrected chi connectivity index (χ3v) is 4.08. The van der Waals surface area contributed by atoms with Crippen LogP contribution < -0.4 is 27.4 Å². The van der Waals surface area contributed by atoms with Crippen molar-refractivity contribution >= 4 is 29.6 Å². The van der Waals surface area contributed by atoms with Gasteiger partial charge >= 0.3 is 5.97 Å². The maximum Gasteiger partial charge on any atom is 0.322 e. The van der Waals surface area contributed by atoms with E-state index in [0.29, 0.717) is 5.69 Å². The van der Waals surface area contributed by atoms with E-state index in [1.807, 2.05) is 0 Å². The summed E-state index contributed by atoms with van der Waals surface area (Å²) in [5.74, 6) is -4.65. The summed E-state index contributed by atoms with van der Waals surface area (Å²) in [4.78, 5) is 65.8. The highest BCUT2D eigenvalue weighted by Gasteiger charge is 2.30. The van der Waals surface area contributed by atoms with E-state index in [9.17, 15) is 24.0 Å². The Morgan fingerprint density at radius 1 is 1.10 bits per heavy atom. The normalized spacial score (nSPS) is 13.7. The molecule has 0 fully saturated rings. The molecule has 0 aliphatic carbocycles. The molecule has 1 aromatic rings. The number of primary amides is 1. The fraction of sp³-hybridized carbons (Fsp3) is 0.529. The lowest BCUT2D eigenvalue weighted by Crippen LogP contribution is -2.57. The molecule has 1 aromatic heterocycles. The van der Waals surface area contributed by atoms with Crippen LogP contribution in [-0.2, 0) is 30.4 Å². The van der Waals surface area contributed by atoms with Crippen LogP contribution in [0.3, 0.4) is 0 Å². The van der Waals surface area contributed by atoms with Gasteiger partial charge in [-0.15, -0.1) is 0 Å². The molecular formula is C17H27N7O6. The molecule has 13 nitrogen and oxygen atoms in total. The van der Waals surface area contributed by atoms with E-state index in [2.05, 4.69) is 25.9 Å². The number of hydrogen-bond acceptors (Lipinski definition) is 7.